The van der Waals surface area contributed by atoms with Crippen LogP contribution in [0.1, 0.15) is 17.8 Å². The molecule has 1 aliphatic heterocycles. The second-order valence-electron chi connectivity index (χ2n) is 3.29. The number of aryl methyl sites for hydroxylation is 1. The highest BCUT2D eigenvalue weighted by Crippen LogP contribution is 2.27. The molecule has 1 aromatic rings. The molecule has 76 valence electrons. The standard InChI is InChI=1S/C8H11N3O2S/c1-5-9-10-8(14-5)11-4-2-3-6(11)7(12)13/h6H,2-4H2,1H3,(H,12,13)/t6-/m0/s1. The SMILES string of the molecule is Cc1nnc(N2CCC[C@H]2C(=O)O)s1. The lowest BCUT2D eigenvalue weighted by Crippen LogP contribution is -2.35. The first kappa shape index (κ1) is 9.39. The Kier molecular flexibility index (Phi) is 2.37. The van der Waals surface area contributed by atoms with Crippen LogP contribution in [0.3, 0.4) is 0 Å². The molecule has 1 N–H and O–H groups in total. The summed E-state index contributed by atoms with van der Waals surface area (Å²) in [5.74, 6) is -0.768. The van der Waals surface area contributed by atoms with E-state index in [4.69, 9.17) is 5.11 Å². The van der Waals surface area contributed by atoms with Gasteiger partial charge < -0.3 is 10.0 Å². The molecule has 2 heterocycles. The minimum Gasteiger partial charge on any atom is -0.480 e. The number of hydrogen-bond acceptors (Lipinski definition) is 5. The first-order valence-electron chi connectivity index (χ1n) is 4.48. The molecule has 0 aromatic carbocycles. The number of hydrogen-bond donors (Lipinski definition) is 1. The van der Waals surface area contributed by atoms with Crippen molar-refractivity contribution in [3.8, 4) is 0 Å². The summed E-state index contributed by atoms with van der Waals surface area (Å²) in [7, 11) is 0. The molecule has 0 unspecified atom stereocenters. The summed E-state index contributed by atoms with van der Waals surface area (Å²) >= 11 is 1.45. The number of carbonyl (C=O) groups is 1. The molecule has 0 saturated carbocycles. The highest BCUT2D eigenvalue weighted by molar-refractivity contribution is 7.15. The second-order valence-corrected chi connectivity index (χ2v) is 4.45. The Hall–Kier alpha value is -1.17. The first-order valence-corrected chi connectivity index (χ1v) is 5.29. The van der Waals surface area contributed by atoms with Crippen LogP contribution in [-0.4, -0.2) is 33.9 Å². The Balaban J connectivity index is 2.21. The van der Waals surface area contributed by atoms with Crippen LogP contribution in [-0.2, 0) is 4.79 Å². The number of rotatable bonds is 2. The maximum Gasteiger partial charge on any atom is 0.326 e. The van der Waals surface area contributed by atoms with Crippen LogP contribution in [0, 0.1) is 6.92 Å². The molecule has 0 radical (unpaired) electrons. The van der Waals surface area contributed by atoms with Gasteiger partial charge in [-0.2, -0.15) is 0 Å². The van der Waals surface area contributed by atoms with E-state index < -0.39 is 12.0 Å². The number of aliphatic carboxylic acids is 1. The van der Waals surface area contributed by atoms with E-state index in [0.717, 1.165) is 23.1 Å². The molecule has 1 saturated heterocycles. The summed E-state index contributed by atoms with van der Waals surface area (Å²) in [6.07, 6.45) is 1.61. The van der Waals surface area contributed by atoms with Crippen LogP contribution in [0.5, 0.6) is 0 Å². The van der Waals surface area contributed by atoms with Gasteiger partial charge in [-0.05, 0) is 19.8 Å². The van der Waals surface area contributed by atoms with Crippen LogP contribution < -0.4 is 4.90 Å². The van der Waals surface area contributed by atoms with E-state index in [1.54, 1.807) is 0 Å². The van der Waals surface area contributed by atoms with Gasteiger partial charge in [0.2, 0.25) is 5.13 Å². The van der Waals surface area contributed by atoms with Gasteiger partial charge in [-0.15, -0.1) is 10.2 Å². The van der Waals surface area contributed by atoms with E-state index in [9.17, 15) is 4.79 Å². The summed E-state index contributed by atoms with van der Waals surface area (Å²) in [4.78, 5) is 12.7. The van der Waals surface area contributed by atoms with E-state index in [2.05, 4.69) is 10.2 Å². The van der Waals surface area contributed by atoms with Gasteiger partial charge in [0.1, 0.15) is 11.0 Å². The molecule has 6 heteroatoms. The smallest absolute Gasteiger partial charge is 0.326 e. The monoisotopic (exact) mass is 213 g/mol. The Morgan fingerprint density at radius 2 is 2.43 bits per heavy atom. The molecule has 1 atom stereocenters. The van der Waals surface area contributed by atoms with Gasteiger partial charge in [-0.1, -0.05) is 11.3 Å². The molecule has 5 nitrogen and oxygen atoms in total. The van der Waals surface area contributed by atoms with Gasteiger partial charge >= 0.3 is 5.97 Å². The normalized spacial score (nSPS) is 21.5. The number of carboxylic acid groups (broad SMARTS) is 1. The van der Waals surface area contributed by atoms with Crippen LogP contribution in [0.2, 0.25) is 0 Å². The molecular weight excluding hydrogens is 202 g/mol. The van der Waals surface area contributed by atoms with Crippen molar-refractivity contribution in [2.45, 2.75) is 25.8 Å². The predicted octanol–water partition coefficient (Wildman–Crippen LogP) is 0.900. The number of carboxylic acids is 1. The van der Waals surface area contributed by atoms with Crippen molar-refractivity contribution >= 4 is 22.4 Å². The van der Waals surface area contributed by atoms with Crippen molar-refractivity contribution in [1.82, 2.24) is 10.2 Å². The maximum absolute atomic E-state index is 10.9. The van der Waals surface area contributed by atoms with E-state index in [-0.39, 0.29) is 0 Å². The molecule has 2 rings (SSSR count). The van der Waals surface area contributed by atoms with Crippen molar-refractivity contribution in [3.63, 3.8) is 0 Å². The van der Waals surface area contributed by atoms with Crippen molar-refractivity contribution < 1.29 is 9.90 Å². The zero-order valence-corrected chi connectivity index (χ0v) is 8.62. The summed E-state index contributed by atoms with van der Waals surface area (Å²) in [6, 6.07) is -0.414. The van der Waals surface area contributed by atoms with Gasteiger partial charge in [0, 0.05) is 6.54 Å². The average molecular weight is 213 g/mol. The maximum atomic E-state index is 10.9. The lowest BCUT2D eigenvalue weighted by Gasteiger charge is -2.19. The summed E-state index contributed by atoms with van der Waals surface area (Å²) < 4.78 is 0. The molecule has 0 amide bonds. The Morgan fingerprint density at radius 3 is 3.00 bits per heavy atom. The van der Waals surface area contributed by atoms with Gasteiger partial charge in [-0.25, -0.2) is 4.79 Å². The molecule has 1 aliphatic rings. The average Bonchev–Trinajstić information content (AvgIpc) is 2.70. The Bertz CT molecular complexity index is 352. The van der Waals surface area contributed by atoms with Gasteiger partial charge in [0.25, 0.3) is 0 Å². The van der Waals surface area contributed by atoms with Crippen LogP contribution in [0.25, 0.3) is 0 Å². The molecule has 1 aromatic heterocycles. The van der Waals surface area contributed by atoms with Crippen LogP contribution in [0.4, 0.5) is 5.13 Å². The fourth-order valence-corrected chi connectivity index (χ4v) is 2.42. The molecule has 1 fully saturated rings. The van der Waals surface area contributed by atoms with Crippen molar-refractivity contribution in [1.29, 1.82) is 0 Å². The largest absolute Gasteiger partial charge is 0.480 e. The lowest BCUT2D eigenvalue weighted by atomic mass is 10.2. The van der Waals surface area contributed by atoms with Crippen LogP contribution >= 0.6 is 11.3 Å². The van der Waals surface area contributed by atoms with E-state index in [0.29, 0.717) is 6.42 Å². The zero-order valence-electron chi connectivity index (χ0n) is 7.80. The predicted molar refractivity (Wildman–Crippen MR) is 52.6 cm³/mol. The molecule has 0 spiro atoms. The molecule has 0 aliphatic carbocycles. The van der Waals surface area contributed by atoms with Gasteiger partial charge in [0.05, 0.1) is 0 Å². The minimum absolute atomic E-state index is 0.414. The number of aromatic nitrogens is 2. The van der Waals surface area contributed by atoms with Crippen LogP contribution in [0.15, 0.2) is 0 Å². The van der Waals surface area contributed by atoms with Crippen molar-refractivity contribution in [2.75, 3.05) is 11.4 Å². The van der Waals surface area contributed by atoms with E-state index >= 15 is 0 Å². The quantitative estimate of drug-likeness (QED) is 0.790. The van der Waals surface area contributed by atoms with Gasteiger partial charge in [0.15, 0.2) is 0 Å². The minimum atomic E-state index is -0.768. The molecule has 0 bridgehead atoms. The third-order valence-electron chi connectivity index (χ3n) is 2.30. The number of nitrogens with zero attached hydrogens (tertiary/aromatic N) is 3. The van der Waals surface area contributed by atoms with Crippen molar-refractivity contribution in [3.05, 3.63) is 5.01 Å². The second kappa shape index (κ2) is 3.53. The zero-order chi connectivity index (χ0) is 10.1. The van der Waals surface area contributed by atoms with E-state index in [1.165, 1.54) is 11.3 Å². The fourth-order valence-electron chi connectivity index (χ4n) is 1.65. The first-order chi connectivity index (χ1) is 6.68. The summed E-state index contributed by atoms with van der Waals surface area (Å²) in [5, 5.41) is 18.4. The summed E-state index contributed by atoms with van der Waals surface area (Å²) in [6.45, 7) is 2.64. The topological polar surface area (TPSA) is 66.3 Å². The fraction of sp³-hybridized carbons (Fsp3) is 0.625. The highest BCUT2D eigenvalue weighted by Gasteiger charge is 2.32. The lowest BCUT2D eigenvalue weighted by molar-refractivity contribution is -0.138. The van der Waals surface area contributed by atoms with Crippen molar-refractivity contribution in [2.24, 2.45) is 0 Å². The number of anilines is 1. The third kappa shape index (κ3) is 1.57. The van der Waals surface area contributed by atoms with E-state index in [1.807, 2.05) is 11.8 Å². The Labute approximate surface area is 85.4 Å². The summed E-state index contributed by atoms with van der Waals surface area (Å²) in [5.41, 5.74) is 0. The highest BCUT2D eigenvalue weighted by atomic mass is 32.1. The third-order valence-corrected chi connectivity index (χ3v) is 3.17. The van der Waals surface area contributed by atoms with Gasteiger partial charge in [-0.3, -0.25) is 0 Å². The Morgan fingerprint density at radius 1 is 1.64 bits per heavy atom. The molecular formula is C8H11N3O2S. The molecule has 14 heavy (non-hydrogen) atoms.